The highest BCUT2D eigenvalue weighted by atomic mass is 32.1. The van der Waals surface area contributed by atoms with Gasteiger partial charge < -0.3 is 10.2 Å². The fourth-order valence-electron chi connectivity index (χ4n) is 1.90. The Morgan fingerprint density at radius 2 is 2.00 bits per heavy atom. The van der Waals surface area contributed by atoms with Gasteiger partial charge in [0.2, 0.25) is 0 Å². The molecule has 0 saturated carbocycles. The molecule has 0 radical (unpaired) electrons. The molecule has 1 N–H and O–H groups in total. The van der Waals surface area contributed by atoms with E-state index in [1.165, 1.54) is 6.07 Å². The van der Waals surface area contributed by atoms with Crippen LogP contribution in [0, 0.1) is 12.7 Å². The second-order valence-electron chi connectivity index (χ2n) is 4.63. The van der Waals surface area contributed by atoms with E-state index in [1.807, 2.05) is 41.3 Å². The summed E-state index contributed by atoms with van der Waals surface area (Å²) in [6, 6.07) is 14.7. The summed E-state index contributed by atoms with van der Waals surface area (Å²) in [6.45, 7) is 6.05. The summed E-state index contributed by atoms with van der Waals surface area (Å²) in [4.78, 5) is 1.90. The van der Waals surface area contributed by atoms with Crippen LogP contribution in [0.25, 0.3) is 0 Å². The van der Waals surface area contributed by atoms with Gasteiger partial charge in [-0.2, -0.15) is 0 Å². The van der Waals surface area contributed by atoms with Crippen molar-refractivity contribution in [1.29, 1.82) is 0 Å². The third-order valence-electron chi connectivity index (χ3n) is 3.05. The maximum Gasteiger partial charge on any atom is 0.178 e. The Labute approximate surface area is 129 Å². The fourth-order valence-corrected chi connectivity index (χ4v) is 2.20. The molecule has 2 aromatic rings. The zero-order valence-electron chi connectivity index (χ0n) is 11.8. The van der Waals surface area contributed by atoms with Crippen LogP contribution in [0.4, 0.5) is 15.8 Å². The van der Waals surface area contributed by atoms with Crippen molar-refractivity contribution in [2.75, 3.05) is 16.8 Å². The SMILES string of the molecule is C=CCN(C(=S)Nc1ccc(C)c(F)c1)c1ccccc1. The van der Waals surface area contributed by atoms with Gasteiger partial charge in [-0.1, -0.05) is 30.3 Å². The summed E-state index contributed by atoms with van der Waals surface area (Å²) in [5.41, 5.74) is 2.20. The highest BCUT2D eigenvalue weighted by Gasteiger charge is 2.11. The maximum atomic E-state index is 13.6. The standard InChI is InChI=1S/C17H17FN2S/c1-3-11-20(15-7-5-4-6-8-15)17(21)19-14-10-9-13(2)16(18)12-14/h3-10,12H,1,11H2,2H3,(H,19,21). The van der Waals surface area contributed by atoms with Gasteiger partial charge in [-0.25, -0.2) is 4.39 Å². The molecule has 108 valence electrons. The van der Waals surface area contributed by atoms with Crippen molar-refractivity contribution >= 4 is 28.7 Å². The Kier molecular flexibility index (Phi) is 5.06. The van der Waals surface area contributed by atoms with Crippen molar-refractivity contribution in [2.45, 2.75) is 6.92 Å². The Morgan fingerprint density at radius 1 is 1.29 bits per heavy atom. The van der Waals surface area contributed by atoms with Gasteiger partial charge in [-0.15, -0.1) is 6.58 Å². The van der Waals surface area contributed by atoms with Crippen LogP contribution in [0.5, 0.6) is 0 Å². The van der Waals surface area contributed by atoms with E-state index in [4.69, 9.17) is 12.2 Å². The number of rotatable bonds is 4. The average Bonchev–Trinajstić information content (AvgIpc) is 2.49. The van der Waals surface area contributed by atoms with E-state index in [9.17, 15) is 4.39 Å². The fraction of sp³-hybridized carbons (Fsp3) is 0.118. The number of aryl methyl sites for hydroxylation is 1. The summed E-state index contributed by atoms with van der Waals surface area (Å²) in [5.74, 6) is -0.252. The van der Waals surface area contributed by atoms with Crippen LogP contribution < -0.4 is 10.2 Å². The molecule has 0 heterocycles. The zero-order chi connectivity index (χ0) is 15.2. The second-order valence-corrected chi connectivity index (χ2v) is 5.02. The Morgan fingerprint density at radius 3 is 2.62 bits per heavy atom. The summed E-state index contributed by atoms with van der Waals surface area (Å²) < 4.78 is 13.6. The maximum absolute atomic E-state index is 13.6. The van der Waals surface area contributed by atoms with Crippen molar-refractivity contribution in [2.24, 2.45) is 0 Å². The number of thiocarbonyl (C=S) groups is 1. The molecule has 2 rings (SSSR count). The van der Waals surface area contributed by atoms with Gasteiger partial charge in [0, 0.05) is 17.9 Å². The van der Waals surface area contributed by atoms with Crippen LogP contribution >= 0.6 is 12.2 Å². The minimum absolute atomic E-state index is 0.252. The molecule has 0 atom stereocenters. The van der Waals surface area contributed by atoms with Gasteiger partial charge in [-0.3, -0.25) is 0 Å². The van der Waals surface area contributed by atoms with E-state index in [1.54, 1.807) is 19.1 Å². The number of nitrogens with zero attached hydrogens (tertiary/aromatic N) is 1. The first-order valence-electron chi connectivity index (χ1n) is 6.62. The van der Waals surface area contributed by atoms with Crippen LogP contribution in [0.1, 0.15) is 5.56 Å². The molecule has 2 aromatic carbocycles. The lowest BCUT2D eigenvalue weighted by molar-refractivity contribution is 0.619. The van der Waals surface area contributed by atoms with Gasteiger partial charge in [0.1, 0.15) is 5.82 Å². The monoisotopic (exact) mass is 300 g/mol. The van der Waals surface area contributed by atoms with Gasteiger partial charge in [0.05, 0.1) is 0 Å². The number of halogens is 1. The van der Waals surface area contributed by atoms with Crippen molar-refractivity contribution in [3.63, 3.8) is 0 Å². The smallest absolute Gasteiger partial charge is 0.178 e. The quantitative estimate of drug-likeness (QED) is 0.660. The average molecular weight is 300 g/mol. The summed E-state index contributed by atoms with van der Waals surface area (Å²) in [6.07, 6.45) is 1.77. The van der Waals surface area contributed by atoms with E-state index >= 15 is 0 Å². The molecular formula is C17H17FN2S. The molecule has 2 nitrogen and oxygen atoms in total. The van der Waals surface area contributed by atoms with Crippen molar-refractivity contribution < 1.29 is 4.39 Å². The van der Waals surface area contributed by atoms with E-state index in [-0.39, 0.29) is 5.82 Å². The van der Waals surface area contributed by atoms with Gasteiger partial charge >= 0.3 is 0 Å². The van der Waals surface area contributed by atoms with E-state index < -0.39 is 0 Å². The van der Waals surface area contributed by atoms with Gasteiger partial charge in [0.15, 0.2) is 5.11 Å². The molecule has 0 aromatic heterocycles. The summed E-state index contributed by atoms with van der Waals surface area (Å²) in [5, 5.41) is 3.57. The minimum atomic E-state index is -0.252. The molecule has 0 saturated heterocycles. The number of hydrogen-bond donors (Lipinski definition) is 1. The molecular weight excluding hydrogens is 283 g/mol. The van der Waals surface area contributed by atoms with Crippen LogP contribution in [-0.2, 0) is 0 Å². The van der Waals surface area contributed by atoms with Crippen LogP contribution in [-0.4, -0.2) is 11.7 Å². The van der Waals surface area contributed by atoms with E-state index in [2.05, 4.69) is 11.9 Å². The molecule has 0 bridgehead atoms. The minimum Gasteiger partial charge on any atom is -0.332 e. The molecule has 4 heteroatoms. The number of anilines is 2. The Bertz CT molecular complexity index is 640. The summed E-state index contributed by atoms with van der Waals surface area (Å²) in [7, 11) is 0. The highest BCUT2D eigenvalue weighted by molar-refractivity contribution is 7.80. The Balaban J connectivity index is 2.19. The third-order valence-corrected chi connectivity index (χ3v) is 3.37. The first-order valence-corrected chi connectivity index (χ1v) is 7.03. The lowest BCUT2D eigenvalue weighted by Crippen LogP contribution is -2.34. The second kappa shape index (κ2) is 6.99. The largest absolute Gasteiger partial charge is 0.332 e. The molecule has 0 aliphatic rings. The first-order chi connectivity index (χ1) is 10.1. The number of para-hydroxylation sites is 1. The molecule has 0 aliphatic carbocycles. The third kappa shape index (κ3) is 3.89. The predicted octanol–water partition coefficient (Wildman–Crippen LogP) is 4.52. The van der Waals surface area contributed by atoms with Crippen LogP contribution in [0.15, 0.2) is 61.2 Å². The molecule has 0 unspecified atom stereocenters. The van der Waals surface area contributed by atoms with Crippen molar-refractivity contribution in [3.8, 4) is 0 Å². The molecule has 0 amide bonds. The van der Waals surface area contributed by atoms with E-state index in [0.29, 0.717) is 22.9 Å². The van der Waals surface area contributed by atoms with E-state index in [0.717, 1.165) is 5.69 Å². The molecule has 0 aliphatic heterocycles. The Hall–Kier alpha value is -2.20. The number of hydrogen-bond acceptors (Lipinski definition) is 1. The van der Waals surface area contributed by atoms with Crippen LogP contribution in [0.3, 0.4) is 0 Å². The lowest BCUT2D eigenvalue weighted by atomic mass is 10.2. The first kappa shape index (κ1) is 15.2. The number of benzene rings is 2. The highest BCUT2D eigenvalue weighted by Crippen LogP contribution is 2.18. The molecule has 0 fully saturated rings. The number of nitrogens with one attached hydrogen (secondary N) is 1. The topological polar surface area (TPSA) is 15.3 Å². The van der Waals surface area contributed by atoms with Crippen LogP contribution in [0.2, 0.25) is 0 Å². The molecule has 21 heavy (non-hydrogen) atoms. The summed E-state index contributed by atoms with van der Waals surface area (Å²) >= 11 is 5.43. The van der Waals surface area contributed by atoms with Gasteiger partial charge in [-0.05, 0) is 49.0 Å². The predicted molar refractivity (Wildman–Crippen MR) is 91.3 cm³/mol. The molecule has 0 spiro atoms. The zero-order valence-corrected chi connectivity index (χ0v) is 12.7. The lowest BCUT2D eigenvalue weighted by Gasteiger charge is -2.24. The normalized spacial score (nSPS) is 10.0. The van der Waals surface area contributed by atoms with Crippen molar-refractivity contribution in [3.05, 3.63) is 72.6 Å². The van der Waals surface area contributed by atoms with Crippen molar-refractivity contribution in [1.82, 2.24) is 0 Å². The van der Waals surface area contributed by atoms with Gasteiger partial charge in [0.25, 0.3) is 0 Å².